The SMILES string of the molecule is COc1ccc(CCNC(=O)c2cc(CN(Cc3ccccc3)C(=O)CCc3ccccc3)on2)cc1. The van der Waals surface area contributed by atoms with Crippen LogP contribution in [-0.4, -0.2) is 35.5 Å². The maximum atomic E-state index is 13.2. The minimum atomic E-state index is -0.312. The third-order valence-electron chi connectivity index (χ3n) is 6.04. The number of benzene rings is 3. The smallest absolute Gasteiger partial charge is 0.273 e. The number of hydrogen-bond donors (Lipinski definition) is 1. The molecule has 0 radical (unpaired) electrons. The number of nitrogens with one attached hydrogen (secondary N) is 1. The molecule has 3 aromatic carbocycles. The van der Waals surface area contributed by atoms with Crippen molar-refractivity contribution in [2.75, 3.05) is 13.7 Å². The molecule has 1 aromatic heterocycles. The fourth-order valence-corrected chi connectivity index (χ4v) is 3.98. The molecule has 0 fully saturated rings. The van der Waals surface area contributed by atoms with Gasteiger partial charge in [-0.3, -0.25) is 9.59 Å². The molecule has 0 atom stereocenters. The summed E-state index contributed by atoms with van der Waals surface area (Å²) in [5.74, 6) is 0.954. The molecule has 0 aliphatic carbocycles. The van der Waals surface area contributed by atoms with Crippen LogP contribution in [0.4, 0.5) is 0 Å². The van der Waals surface area contributed by atoms with Gasteiger partial charge in [0, 0.05) is 25.6 Å². The largest absolute Gasteiger partial charge is 0.497 e. The number of aromatic nitrogens is 1. The van der Waals surface area contributed by atoms with Crippen LogP contribution in [0.15, 0.2) is 95.5 Å². The summed E-state index contributed by atoms with van der Waals surface area (Å²) >= 11 is 0. The van der Waals surface area contributed by atoms with E-state index in [0.29, 0.717) is 38.1 Å². The third kappa shape index (κ3) is 7.80. The Morgan fingerprint density at radius 1 is 0.838 bits per heavy atom. The van der Waals surface area contributed by atoms with E-state index in [0.717, 1.165) is 22.4 Å². The molecule has 0 saturated carbocycles. The predicted molar refractivity (Wildman–Crippen MR) is 141 cm³/mol. The van der Waals surface area contributed by atoms with Gasteiger partial charge < -0.3 is 19.5 Å². The highest BCUT2D eigenvalue weighted by Gasteiger charge is 2.19. The van der Waals surface area contributed by atoms with Gasteiger partial charge in [0.1, 0.15) is 5.75 Å². The van der Waals surface area contributed by atoms with Gasteiger partial charge >= 0.3 is 0 Å². The maximum absolute atomic E-state index is 13.2. The second-order valence-corrected chi connectivity index (χ2v) is 8.75. The highest BCUT2D eigenvalue weighted by atomic mass is 16.5. The lowest BCUT2D eigenvalue weighted by Crippen LogP contribution is -2.30. The zero-order valence-corrected chi connectivity index (χ0v) is 20.9. The summed E-state index contributed by atoms with van der Waals surface area (Å²) in [6.07, 6.45) is 1.72. The Kier molecular flexibility index (Phi) is 9.07. The van der Waals surface area contributed by atoms with Gasteiger partial charge in [-0.1, -0.05) is 78.0 Å². The van der Waals surface area contributed by atoms with Crippen molar-refractivity contribution in [2.45, 2.75) is 32.4 Å². The van der Waals surface area contributed by atoms with E-state index in [4.69, 9.17) is 9.26 Å². The lowest BCUT2D eigenvalue weighted by molar-refractivity contribution is -0.132. The summed E-state index contributed by atoms with van der Waals surface area (Å²) in [5, 5.41) is 6.81. The van der Waals surface area contributed by atoms with Crippen LogP contribution in [-0.2, 0) is 30.7 Å². The molecule has 0 bridgehead atoms. The van der Waals surface area contributed by atoms with Crippen LogP contribution in [0.5, 0.6) is 5.75 Å². The molecule has 190 valence electrons. The molecule has 0 unspecified atom stereocenters. The first-order valence-corrected chi connectivity index (χ1v) is 12.3. The standard InChI is InChI=1S/C30H31N3O4/c1-36-26-15-12-24(13-16-26)18-19-31-30(35)28-20-27(37-32-28)22-33(21-25-10-6-3-7-11-25)29(34)17-14-23-8-4-2-5-9-23/h2-13,15-16,20H,14,17-19,21-22H2,1H3,(H,31,35). The van der Waals surface area contributed by atoms with Gasteiger partial charge in [0.15, 0.2) is 11.5 Å². The number of hydrogen-bond acceptors (Lipinski definition) is 5. The minimum absolute atomic E-state index is 0.00889. The van der Waals surface area contributed by atoms with Crippen LogP contribution < -0.4 is 10.1 Å². The van der Waals surface area contributed by atoms with E-state index in [-0.39, 0.29) is 24.1 Å². The average molecular weight is 498 g/mol. The molecule has 7 heteroatoms. The molecular weight excluding hydrogens is 466 g/mol. The normalized spacial score (nSPS) is 10.6. The minimum Gasteiger partial charge on any atom is -0.497 e. The predicted octanol–water partition coefficient (Wildman–Crippen LogP) is 4.82. The zero-order chi connectivity index (χ0) is 25.9. The van der Waals surface area contributed by atoms with Crippen LogP contribution >= 0.6 is 0 Å². The van der Waals surface area contributed by atoms with Crippen molar-refractivity contribution in [3.8, 4) is 5.75 Å². The van der Waals surface area contributed by atoms with Gasteiger partial charge in [-0.05, 0) is 41.7 Å². The van der Waals surface area contributed by atoms with Crippen LogP contribution in [0.25, 0.3) is 0 Å². The molecule has 1 heterocycles. The molecule has 37 heavy (non-hydrogen) atoms. The van der Waals surface area contributed by atoms with Crippen molar-refractivity contribution in [1.82, 2.24) is 15.4 Å². The third-order valence-corrected chi connectivity index (χ3v) is 6.04. The van der Waals surface area contributed by atoms with Crippen LogP contribution in [0.2, 0.25) is 0 Å². The summed E-state index contributed by atoms with van der Waals surface area (Å²) in [4.78, 5) is 27.5. The van der Waals surface area contributed by atoms with Crippen LogP contribution in [0.3, 0.4) is 0 Å². The summed E-state index contributed by atoms with van der Waals surface area (Å²) in [5.41, 5.74) is 3.42. The topological polar surface area (TPSA) is 84.7 Å². The van der Waals surface area contributed by atoms with Crippen molar-refractivity contribution in [1.29, 1.82) is 0 Å². The first-order chi connectivity index (χ1) is 18.1. The van der Waals surface area contributed by atoms with Gasteiger partial charge in [0.2, 0.25) is 5.91 Å². The summed E-state index contributed by atoms with van der Waals surface area (Å²) in [6, 6.07) is 29.1. The molecule has 4 rings (SSSR count). The quantitative estimate of drug-likeness (QED) is 0.303. The molecule has 1 N–H and O–H groups in total. The first kappa shape index (κ1) is 25.7. The van der Waals surface area contributed by atoms with E-state index in [1.165, 1.54) is 0 Å². The lowest BCUT2D eigenvalue weighted by Gasteiger charge is -2.21. The fourth-order valence-electron chi connectivity index (χ4n) is 3.98. The van der Waals surface area contributed by atoms with Gasteiger partial charge in [-0.2, -0.15) is 0 Å². The van der Waals surface area contributed by atoms with Crippen molar-refractivity contribution in [2.24, 2.45) is 0 Å². The van der Waals surface area contributed by atoms with Crippen molar-refractivity contribution in [3.05, 3.63) is 119 Å². The highest BCUT2D eigenvalue weighted by molar-refractivity contribution is 5.92. The number of amides is 2. The number of nitrogens with zero attached hydrogens (tertiary/aromatic N) is 2. The molecule has 0 saturated heterocycles. The Labute approximate surface area is 217 Å². The lowest BCUT2D eigenvalue weighted by atomic mass is 10.1. The van der Waals surface area contributed by atoms with Gasteiger partial charge in [-0.25, -0.2) is 0 Å². The van der Waals surface area contributed by atoms with E-state index >= 15 is 0 Å². The number of methoxy groups -OCH3 is 1. The van der Waals surface area contributed by atoms with Gasteiger partial charge in [-0.15, -0.1) is 0 Å². The molecule has 0 aliphatic rings. The van der Waals surface area contributed by atoms with E-state index in [1.54, 1.807) is 18.1 Å². The van der Waals surface area contributed by atoms with Crippen molar-refractivity contribution in [3.63, 3.8) is 0 Å². The van der Waals surface area contributed by atoms with Crippen molar-refractivity contribution < 1.29 is 18.8 Å². The van der Waals surface area contributed by atoms with E-state index in [2.05, 4.69) is 10.5 Å². The molecule has 2 amide bonds. The monoisotopic (exact) mass is 497 g/mol. The number of carbonyl (C=O) groups is 2. The van der Waals surface area contributed by atoms with E-state index < -0.39 is 0 Å². The molecule has 0 aliphatic heterocycles. The summed E-state index contributed by atoms with van der Waals surface area (Å²) in [7, 11) is 1.63. The Morgan fingerprint density at radius 2 is 1.49 bits per heavy atom. The Bertz CT molecular complexity index is 1270. The fraction of sp³-hybridized carbons (Fsp3) is 0.233. The van der Waals surface area contributed by atoms with Crippen molar-refractivity contribution >= 4 is 11.8 Å². The Morgan fingerprint density at radius 3 is 2.16 bits per heavy atom. The molecule has 7 nitrogen and oxygen atoms in total. The first-order valence-electron chi connectivity index (χ1n) is 12.3. The van der Waals surface area contributed by atoms with Crippen LogP contribution in [0, 0.1) is 0 Å². The number of rotatable bonds is 12. The Balaban J connectivity index is 1.34. The van der Waals surface area contributed by atoms with E-state index in [1.807, 2.05) is 84.9 Å². The number of ether oxygens (including phenoxy) is 1. The second-order valence-electron chi connectivity index (χ2n) is 8.75. The highest BCUT2D eigenvalue weighted by Crippen LogP contribution is 2.15. The molecule has 0 spiro atoms. The van der Waals surface area contributed by atoms with Crippen LogP contribution in [0.1, 0.15) is 39.4 Å². The van der Waals surface area contributed by atoms with E-state index in [9.17, 15) is 9.59 Å². The summed E-state index contributed by atoms with van der Waals surface area (Å²) in [6.45, 7) is 1.14. The number of carbonyl (C=O) groups excluding carboxylic acids is 2. The average Bonchev–Trinajstić information content (AvgIpc) is 3.41. The maximum Gasteiger partial charge on any atom is 0.273 e. The van der Waals surface area contributed by atoms with Gasteiger partial charge in [0.25, 0.3) is 5.91 Å². The Hall–Kier alpha value is -4.39. The van der Waals surface area contributed by atoms with Gasteiger partial charge in [0.05, 0.1) is 13.7 Å². The number of aryl methyl sites for hydroxylation is 1. The molecule has 4 aromatic rings. The zero-order valence-electron chi connectivity index (χ0n) is 20.9. The second kappa shape index (κ2) is 13.1. The summed E-state index contributed by atoms with van der Waals surface area (Å²) < 4.78 is 10.6. The molecular formula is C30H31N3O4.